The minimum Gasteiger partial charge on any atom is -0.311 e. The van der Waals surface area contributed by atoms with Gasteiger partial charge in [0.15, 0.2) is 0 Å². The number of aromatic nitrogens is 4. The van der Waals surface area contributed by atoms with E-state index in [0.29, 0.717) is 0 Å². The Hall–Kier alpha value is -9.52. The molecule has 2 aliphatic rings. The highest BCUT2D eigenvalue weighted by molar-refractivity contribution is 7.00. The number of para-hydroxylation sites is 7. The van der Waals surface area contributed by atoms with E-state index in [-0.39, 0.29) is 17.5 Å². The Morgan fingerprint density at radius 2 is 0.725 bits per heavy atom. The highest BCUT2D eigenvalue weighted by Gasteiger charge is 2.43. The van der Waals surface area contributed by atoms with Gasteiger partial charge in [-0.2, -0.15) is 0 Å². The van der Waals surface area contributed by atoms with Gasteiger partial charge in [0, 0.05) is 82.7 Å². The summed E-state index contributed by atoms with van der Waals surface area (Å²) in [4.78, 5) is 2.56. The van der Waals surface area contributed by atoms with E-state index in [1.165, 1.54) is 126 Å². The Morgan fingerprint density at radius 1 is 0.287 bits per heavy atom. The first-order valence-corrected chi connectivity index (χ1v) is 28.3. The van der Waals surface area contributed by atoms with Gasteiger partial charge in [-0.3, -0.25) is 0 Å². The number of benzene rings is 11. The van der Waals surface area contributed by atoms with Crippen LogP contribution in [0.25, 0.3) is 110 Å². The molecule has 5 nitrogen and oxygen atoms in total. The third-order valence-corrected chi connectivity index (χ3v) is 17.9. The second kappa shape index (κ2) is 16.1. The molecule has 6 heteroatoms. The number of fused-ring (bicyclic) bond motifs is 19. The lowest BCUT2D eigenvalue weighted by atomic mass is 9.33. The quantitative estimate of drug-likeness (QED) is 0.161. The van der Waals surface area contributed by atoms with E-state index < -0.39 is 0 Å². The number of hydrogen-bond acceptors (Lipinski definition) is 1. The molecule has 0 amide bonds. The molecule has 0 spiro atoms. The van der Waals surface area contributed by atoms with E-state index in [1.54, 1.807) is 0 Å². The lowest BCUT2D eigenvalue weighted by molar-refractivity contribution is 0.590. The van der Waals surface area contributed by atoms with Crippen molar-refractivity contribution in [3.63, 3.8) is 0 Å². The van der Waals surface area contributed by atoms with Gasteiger partial charge in [-0.05, 0) is 129 Å². The monoisotopic (exact) mass is 1030 g/mol. The van der Waals surface area contributed by atoms with E-state index in [0.717, 1.165) is 28.3 Å². The minimum atomic E-state index is -0.0822. The molecule has 4 aromatic heterocycles. The molecule has 0 radical (unpaired) electrons. The summed E-state index contributed by atoms with van der Waals surface area (Å²) >= 11 is 0. The van der Waals surface area contributed by atoms with Crippen LogP contribution < -0.4 is 21.3 Å². The molecule has 0 N–H and O–H groups in total. The van der Waals surface area contributed by atoms with Gasteiger partial charge in [0.25, 0.3) is 6.71 Å². The van der Waals surface area contributed by atoms with E-state index >= 15 is 0 Å². The molecule has 11 aromatic carbocycles. The van der Waals surface area contributed by atoms with Gasteiger partial charge in [0.2, 0.25) is 0 Å². The maximum Gasteiger partial charge on any atom is 0.252 e. The number of nitrogens with zero attached hydrogens (tertiary/aromatic N) is 5. The van der Waals surface area contributed by atoms with Gasteiger partial charge in [-0.1, -0.05) is 181 Å². The molecule has 15 aromatic rings. The molecule has 6 heterocycles. The SMILES string of the molecule is CC(C)(C)c1ccc2c(c1)c1cc(C(C)(C)C)cc3c1n2-c1cc(-n2c4ccccc4c4c5c(c6ccccc6n5-c5ccccc5)c5c(c6ccccc6n5-c5ccccc5)c42)cc2c1B3c1ccccc1N2c1ccccc1. The van der Waals surface area contributed by atoms with E-state index in [9.17, 15) is 0 Å². The summed E-state index contributed by atoms with van der Waals surface area (Å²) < 4.78 is 10.4. The van der Waals surface area contributed by atoms with Crippen molar-refractivity contribution in [2.75, 3.05) is 4.90 Å². The topological polar surface area (TPSA) is 23.0 Å². The molecule has 0 aliphatic carbocycles. The predicted octanol–water partition coefficient (Wildman–Crippen LogP) is 17.3. The van der Waals surface area contributed by atoms with Crippen molar-refractivity contribution < 1.29 is 0 Å². The molecule has 17 rings (SSSR count). The van der Waals surface area contributed by atoms with Crippen LogP contribution in [0.5, 0.6) is 0 Å². The zero-order valence-electron chi connectivity index (χ0n) is 45.8. The fourth-order valence-corrected chi connectivity index (χ4v) is 14.5. The minimum absolute atomic E-state index is 0.0242. The van der Waals surface area contributed by atoms with Crippen LogP contribution in [0.15, 0.2) is 231 Å². The summed E-state index contributed by atoms with van der Waals surface area (Å²) in [5.74, 6) is 0. The Morgan fingerprint density at radius 3 is 1.26 bits per heavy atom. The van der Waals surface area contributed by atoms with Crippen LogP contribution >= 0.6 is 0 Å². The van der Waals surface area contributed by atoms with Gasteiger partial charge < -0.3 is 23.2 Å². The van der Waals surface area contributed by atoms with E-state index in [4.69, 9.17) is 0 Å². The van der Waals surface area contributed by atoms with Gasteiger partial charge in [0.05, 0.1) is 44.3 Å². The Kier molecular flexibility index (Phi) is 9.13. The molecular formula is C74H56BN5. The predicted molar refractivity (Wildman–Crippen MR) is 341 cm³/mol. The molecule has 380 valence electrons. The van der Waals surface area contributed by atoms with Crippen molar-refractivity contribution in [2.45, 2.75) is 52.4 Å². The number of rotatable bonds is 4. The third kappa shape index (κ3) is 6.03. The summed E-state index contributed by atoms with van der Waals surface area (Å²) in [6.07, 6.45) is 0. The molecule has 0 saturated heterocycles. The standard InChI is InChI=1S/C74H56BN5/c1-73(2,3)45-38-39-61-54(40-45)55-41-46(74(4,5)6)42-57-69(55)80(61)64-44-50(43-63-68(64)75(57)56-33-19-23-37-62(56)76(63)47-24-10-7-11-25-47)79-60-36-22-18-32-53(60)67-71-65(51-30-16-20-34-58(51)77(71)48-26-12-8-13-27-48)70-66(72(67)79)52-31-17-21-35-59(52)78(70)49-28-14-9-15-29-49/h7-44H,1-6H3. The van der Waals surface area contributed by atoms with Gasteiger partial charge in [-0.15, -0.1) is 0 Å². The zero-order valence-corrected chi connectivity index (χ0v) is 45.8. The summed E-state index contributed by atoms with van der Waals surface area (Å²) in [6, 6.07) is 87.1. The third-order valence-electron chi connectivity index (χ3n) is 17.9. The van der Waals surface area contributed by atoms with Crippen LogP contribution in [-0.4, -0.2) is 25.0 Å². The van der Waals surface area contributed by atoms with Crippen molar-refractivity contribution >= 4 is 127 Å². The van der Waals surface area contributed by atoms with Crippen LogP contribution in [0.2, 0.25) is 0 Å². The average Bonchev–Trinajstić information content (AvgIpc) is 3.05. The van der Waals surface area contributed by atoms with Crippen LogP contribution in [0.1, 0.15) is 52.7 Å². The second-order valence-electron chi connectivity index (χ2n) is 24.5. The van der Waals surface area contributed by atoms with Gasteiger partial charge in [0.1, 0.15) is 0 Å². The highest BCUT2D eigenvalue weighted by atomic mass is 15.2. The highest BCUT2D eigenvalue weighted by Crippen LogP contribution is 2.52. The Labute approximate surface area is 464 Å². The van der Waals surface area contributed by atoms with Crippen molar-refractivity contribution in [3.8, 4) is 22.7 Å². The number of anilines is 3. The van der Waals surface area contributed by atoms with Crippen molar-refractivity contribution in [2.24, 2.45) is 0 Å². The van der Waals surface area contributed by atoms with Crippen molar-refractivity contribution in [1.29, 1.82) is 0 Å². The average molecular weight is 1030 g/mol. The van der Waals surface area contributed by atoms with Crippen molar-refractivity contribution in [1.82, 2.24) is 18.3 Å². The summed E-state index contributed by atoms with van der Waals surface area (Å²) in [7, 11) is 0. The molecule has 0 bridgehead atoms. The lowest BCUT2D eigenvalue weighted by Gasteiger charge is -2.41. The van der Waals surface area contributed by atoms with Crippen LogP contribution in [0.4, 0.5) is 17.1 Å². The van der Waals surface area contributed by atoms with Gasteiger partial charge in [-0.25, -0.2) is 0 Å². The largest absolute Gasteiger partial charge is 0.311 e. The molecule has 0 saturated carbocycles. The Balaban J connectivity index is 1.12. The smallest absolute Gasteiger partial charge is 0.252 e. The summed E-state index contributed by atoms with van der Waals surface area (Å²) in [5.41, 5.74) is 24.3. The molecule has 0 unspecified atom stereocenters. The maximum atomic E-state index is 2.66. The fraction of sp³-hybridized carbons (Fsp3) is 0.108. The second-order valence-corrected chi connectivity index (χ2v) is 24.5. The maximum absolute atomic E-state index is 2.66. The first kappa shape index (κ1) is 45.5. The van der Waals surface area contributed by atoms with Crippen LogP contribution in [-0.2, 0) is 10.8 Å². The summed E-state index contributed by atoms with van der Waals surface area (Å²) in [6.45, 7) is 14.1. The molecule has 0 atom stereocenters. The Bertz CT molecular complexity index is 5070. The molecule has 2 aliphatic heterocycles. The fourth-order valence-electron chi connectivity index (χ4n) is 14.5. The summed E-state index contributed by atoms with van der Waals surface area (Å²) in [5, 5.41) is 9.98. The van der Waals surface area contributed by atoms with Gasteiger partial charge >= 0.3 is 0 Å². The first-order chi connectivity index (χ1) is 39.0. The first-order valence-electron chi connectivity index (χ1n) is 28.3. The molecular weight excluding hydrogens is 970 g/mol. The molecule has 0 fully saturated rings. The van der Waals surface area contributed by atoms with E-state index in [2.05, 4.69) is 295 Å². The van der Waals surface area contributed by atoms with Crippen molar-refractivity contribution in [3.05, 3.63) is 242 Å². The zero-order chi connectivity index (χ0) is 53.5. The number of hydrogen-bond donors (Lipinski definition) is 0. The van der Waals surface area contributed by atoms with Crippen LogP contribution in [0, 0.1) is 0 Å². The van der Waals surface area contributed by atoms with Crippen LogP contribution in [0.3, 0.4) is 0 Å². The van der Waals surface area contributed by atoms with E-state index in [1.807, 2.05) is 0 Å². The lowest BCUT2D eigenvalue weighted by Crippen LogP contribution is -2.60. The normalized spacial score (nSPS) is 13.3. The molecule has 80 heavy (non-hydrogen) atoms.